The van der Waals surface area contributed by atoms with Gasteiger partial charge in [0.05, 0.1) is 23.3 Å². The molecule has 2 aromatic rings. The SMILES string of the molecule is CSCC[C@H](NC(C)=O)C(=O)N1CCC[C@H](n2cnc3ccccc3c2=O)C1. The second-order valence-corrected chi connectivity index (χ2v) is 8.07. The molecule has 7 nitrogen and oxygen atoms in total. The minimum absolute atomic E-state index is 0.0734. The average molecular weight is 403 g/mol. The standard InChI is InChI=1S/C20H26N4O3S/c1-14(25)22-18(9-11-28-2)20(27)23-10-5-6-15(12-23)24-13-21-17-8-4-3-7-16(17)19(24)26/h3-4,7-8,13,15,18H,5-6,9-12H2,1-2H3,(H,22,25)/t15-,18-/m0/s1. The molecule has 1 fully saturated rings. The summed E-state index contributed by atoms with van der Waals surface area (Å²) in [6, 6.07) is 6.66. The van der Waals surface area contributed by atoms with Crippen LogP contribution in [-0.4, -0.2) is 57.4 Å². The van der Waals surface area contributed by atoms with E-state index in [9.17, 15) is 14.4 Å². The number of hydrogen-bond donors (Lipinski definition) is 1. The molecule has 0 bridgehead atoms. The summed E-state index contributed by atoms with van der Waals surface area (Å²) in [6.07, 6.45) is 5.79. The highest BCUT2D eigenvalue weighted by Gasteiger charge is 2.30. The first-order valence-corrected chi connectivity index (χ1v) is 10.9. The summed E-state index contributed by atoms with van der Waals surface area (Å²) < 4.78 is 1.65. The molecule has 1 saturated heterocycles. The Morgan fingerprint density at radius 3 is 2.89 bits per heavy atom. The van der Waals surface area contributed by atoms with E-state index in [0.717, 1.165) is 18.6 Å². The molecule has 0 radical (unpaired) electrons. The molecule has 0 saturated carbocycles. The molecule has 1 aliphatic rings. The van der Waals surface area contributed by atoms with Crippen LogP contribution in [0.3, 0.4) is 0 Å². The Morgan fingerprint density at radius 1 is 1.36 bits per heavy atom. The van der Waals surface area contributed by atoms with Gasteiger partial charge in [0.1, 0.15) is 6.04 Å². The zero-order valence-corrected chi connectivity index (χ0v) is 17.1. The number of benzene rings is 1. The van der Waals surface area contributed by atoms with Gasteiger partial charge in [-0.3, -0.25) is 19.0 Å². The Labute approximate surface area is 168 Å². The number of nitrogens with zero attached hydrogens (tertiary/aromatic N) is 3. The molecule has 0 spiro atoms. The van der Waals surface area contributed by atoms with Gasteiger partial charge in [-0.15, -0.1) is 0 Å². The lowest BCUT2D eigenvalue weighted by Gasteiger charge is -2.35. The second kappa shape index (κ2) is 9.23. The number of fused-ring (bicyclic) bond motifs is 1. The molecule has 1 aliphatic heterocycles. The Bertz CT molecular complexity index is 914. The fraction of sp³-hybridized carbons (Fsp3) is 0.500. The smallest absolute Gasteiger partial charge is 0.261 e. The van der Waals surface area contributed by atoms with Crippen LogP contribution in [0.2, 0.25) is 0 Å². The van der Waals surface area contributed by atoms with Gasteiger partial charge in [-0.25, -0.2) is 4.98 Å². The van der Waals surface area contributed by atoms with Crippen molar-refractivity contribution in [1.82, 2.24) is 19.8 Å². The molecule has 2 heterocycles. The minimum Gasteiger partial charge on any atom is -0.345 e. The fourth-order valence-corrected chi connectivity index (χ4v) is 4.16. The van der Waals surface area contributed by atoms with E-state index in [4.69, 9.17) is 0 Å². The molecule has 0 unspecified atom stereocenters. The molecule has 150 valence electrons. The lowest BCUT2D eigenvalue weighted by molar-refractivity contribution is -0.137. The third-order valence-corrected chi connectivity index (χ3v) is 5.72. The number of nitrogens with one attached hydrogen (secondary N) is 1. The molecular weight excluding hydrogens is 376 g/mol. The summed E-state index contributed by atoms with van der Waals surface area (Å²) >= 11 is 1.65. The predicted octanol–water partition coefficient (Wildman–Crippen LogP) is 1.82. The van der Waals surface area contributed by atoms with E-state index in [1.807, 2.05) is 24.5 Å². The maximum Gasteiger partial charge on any atom is 0.261 e. The average Bonchev–Trinajstić information content (AvgIpc) is 2.71. The number of carbonyl (C=O) groups is 2. The van der Waals surface area contributed by atoms with Crippen LogP contribution in [0.1, 0.15) is 32.2 Å². The van der Waals surface area contributed by atoms with Crippen molar-refractivity contribution in [2.45, 2.75) is 38.3 Å². The fourth-order valence-electron chi connectivity index (χ4n) is 3.68. The van der Waals surface area contributed by atoms with E-state index in [1.54, 1.807) is 33.6 Å². The quantitative estimate of drug-likeness (QED) is 0.797. The topological polar surface area (TPSA) is 84.3 Å². The maximum absolute atomic E-state index is 13.0. The Balaban J connectivity index is 1.79. The number of piperidine rings is 1. The van der Waals surface area contributed by atoms with Crippen molar-refractivity contribution in [3.05, 3.63) is 40.9 Å². The van der Waals surface area contributed by atoms with Crippen LogP contribution in [0.4, 0.5) is 0 Å². The predicted molar refractivity (Wildman–Crippen MR) is 111 cm³/mol. The van der Waals surface area contributed by atoms with Crippen LogP contribution >= 0.6 is 11.8 Å². The highest BCUT2D eigenvalue weighted by atomic mass is 32.2. The van der Waals surface area contributed by atoms with Crippen molar-refractivity contribution in [2.24, 2.45) is 0 Å². The van der Waals surface area contributed by atoms with E-state index in [-0.39, 0.29) is 23.4 Å². The first-order valence-electron chi connectivity index (χ1n) is 9.52. The van der Waals surface area contributed by atoms with E-state index in [1.165, 1.54) is 6.92 Å². The Hall–Kier alpha value is -2.35. The maximum atomic E-state index is 13.0. The van der Waals surface area contributed by atoms with Crippen LogP contribution in [0.15, 0.2) is 35.4 Å². The van der Waals surface area contributed by atoms with Gasteiger partial charge in [0.2, 0.25) is 11.8 Å². The summed E-state index contributed by atoms with van der Waals surface area (Å²) in [5.74, 6) is 0.515. The van der Waals surface area contributed by atoms with E-state index >= 15 is 0 Å². The lowest BCUT2D eigenvalue weighted by atomic mass is 10.0. The number of amides is 2. The summed E-state index contributed by atoms with van der Waals surface area (Å²) in [5.41, 5.74) is 0.598. The third-order valence-electron chi connectivity index (χ3n) is 5.08. The molecule has 2 amide bonds. The van der Waals surface area contributed by atoms with Gasteiger partial charge in [0.15, 0.2) is 0 Å². The number of hydrogen-bond acceptors (Lipinski definition) is 5. The van der Waals surface area contributed by atoms with Gasteiger partial charge < -0.3 is 10.2 Å². The summed E-state index contributed by atoms with van der Waals surface area (Å²) in [4.78, 5) is 43.6. The molecule has 1 aromatic carbocycles. The highest BCUT2D eigenvalue weighted by Crippen LogP contribution is 2.22. The lowest BCUT2D eigenvalue weighted by Crippen LogP contribution is -2.52. The van der Waals surface area contributed by atoms with Crippen molar-refractivity contribution in [3.8, 4) is 0 Å². The van der Waals surface area contributed by atoms with E-state index in [2.05, 4.69) is 10.3 Å². The molecule has 3 rings (SSSR count). The number of para-hydroxylation sites is 1. The molecule has 1 N–H and O–H groups in total. The van der Waals surface area contributed by atoms with Crippen LogP contribution in [-0.2, 0) is 9.59 Å². The van der Waals surface area contributed by atoms with Gasteiger partial charge in [0.25, 0.3) is 5.56 Å². The number of rotatable bonds is 6. The highest BCUT2D eigenvalue weighted by molar-refractivity contribution is 7.98. The van der Waals surface area contributed by atoms with Crippen LogP contribution in [0.25, 0.3) is 10.9 Å². The summed E-state index contributed by atoms with van der Waals surface area (Å²) in [7, 11) is 0. The zero-order chi connectivity index (χ0) is 20.1. The van der Waals surface area contributed by atoms with Crippen LogP contribution in [0.5, 0.6) is 0 Å². The number of aromatic nitrogens is 2. The van der Waals surface area contributed by atoms with Crippen molar-refractivity contribution < 1.29 is 9.59 Å². The summed E-state index contributed by atoms with van der Waals surface area (Å²) in [5, 5.41) is 3.37. The van der Waals surface area contributed by atoms with Gasteiger partial charge in [-0.2, -0.15) is 11.8 Å². The minimum atomic E-state index is -0.518. The van der Waals surface area contributed by atoms with Crippen molar-refractivity contribution in [1.29, 1.82) is 0 Å². The van der Waals surface area contributed by atoms with Crippen molar-refractivity contribution >= 4 is 34.5 Å². The van der Waals surface area contributed by atoms with Gasteiger partial charge in [0, 0.05) is 20.0 Å². The van der Waals surface area contributed by atoms with Gasteiger partial charge in [-0.05, 0) is 43.4 Å². The Kier molecular flexibility index (Phi) is 6.72. The molecule has 0 aliphatic carbocycles. The van der Waals surface area contributed by atoms with Crippen LogP contribution < -0.4 is 10.9 Å². The first-order chi connectivity index (χ1) is 13.5. The van der Waals surface area contributed by atoms with Crippen molar-refractivity contribution in [2.75, 3.05) is 25.1 Å². The number of carbonyl (C=O) groups excluding carboxylic acids is 2. The normalized spacial score (nSPS) is 18.1. The molecule has 8 heteroatoms. The molecule has 2 atom stereocenters. The number of thioether (sulfide) groups is 1. The van der Waals surface area contributed by atoms with Crippen LogP contribution in [0, 0.1) is 0 Å². The molecule has 28 heavy (non-hydrogen) atoms. The monoisotopic (exact) mass is 402 g/mol. The molecular formula is C20H26N4O3S. The van der Waals surface area contributed by atoms with Gasteiger partial charge >= 0.3 is 0 Å². The first kappa shape index (κ1) is 20.4. The van der Waals surface area contributed by atoms with Gasteiger partial charge in [-0.1, -0.05) is 12.1 Å². The Morgan fingerprint density at radius 2 is 2.14 bits per heavy atom. The van der Waals surface area contributed by atoms with E-state index < -0.39 is 6.04 Å². The summed E-state index contributed by atoms with van der Waals surface area (Å²) in [6.45, 7) is 2.52. The second-order valence-electron chi connectivity index (χ2n) is 7.09. The van der Waals surface area contributed by atoms with Crippen molar-refractivity contribution in [3.63, 3.8) is 0 Å². The largest absolute Gasteiger partial charge is 0.345 e. The van der Waals surface area contributed by atoms with E-state index in [0.29, 0.717) is 30.4 Å². The molecule has 1 aromatic heterocycles. The number of likely N-dealkylation sites (tertiary alicyclic amines) is 1. The third kappa shape index (κ3) is 4.55. The zero-order valence-electron chi connectivity index (χ0n) is 16.3.